The largest absolute Gasteiger partial charge is 0.450 e. The van der Waals surface area contributed by atoms with Crippen LogP contribution in [0.15, 0.2) is 22.8 Å². The molecule has 2 fully saturated rings. The Bertz CT molecular complexity index is 765. The van der Waals surface area contributed by atoms with E-state index in [0.29, 0.717) is 5.41 Å². The van der Waals surface area contributed by atoms with Crippen molar-refractivity contribution in [2.75, 3.05) is 0 Å². The monoisotopic (exact) mass is 446 g/mol. The molecule has 6 atom stereocenters. The summed E-state index contributed by atoms with van der Waals surface area (Å²) >= 11 is 5.50. The zero-order valence-corrected chi connectivity index (χ0v) is 21.2. The van der Waals surface area contributed by atoms with Crippen LogP contribution in [0.2, 0.25) is 0 Å². The van der Waals surface area contributed by atoms with Gasteiger partial charge in [-0.25, -0.2) is 4.79 Å². The lowest BCUT2D eigenvalue weighted by atomic mass is 9.53. The highest BCUT2D eigenvalue weighted by atomic mass is 35.5. The summed E-state index contributed by atoms with van der Waals surface area (Å²) in [5, 5.41) is 0. The van der Waals surface area contributed by atoms with Gasteiger partial charge in [-0.2, -0.15) is 0 Å². The van der Waals surface area contributed by atoms with Gasteiger partial charge >= 0.3 is 5.43 Å². The fraction of sp³-hybridized carbons (Fsp3) is 0.821. The lowest BCUT2D eigenvalue weighted by Gasteiger charge is -2.52. The molecule has 3 heteroatoms. The maximum absolute atomic E-state index is 11.2. The summed E-state index contributed by atoms with van der Waals surface area (Å²) in [5.41, 5.74) is 5.08. The van der Waals surface area contributed by atoms with Crippen molar-refractivity contribution in [1.29, 1.82) is 0 Å². The van der Waals surface area contributed by atoms with E-state index in [4.69, 9.17) is 16.3 Å². The summed E-state index contributed by atoms with van der Waals surface area (Å²) in [6.45, 7) is 12.4. The third-order valence-electron chi connectivity index (χ3n) is 9.88. The van der Waals surface area contributed by atoms with E-state index < -0.39 is 5.43 Å². The second-order valence-electron chi connectivity index (χ2n) is 12.0. The molecular weight excluding hydrogens is 404 g/mol. The number of halogens is 1. The molecular formula is C28H43ClO2. The zero-order valence-electron chi connectivity index (χ0n) is 20.4. The first-order valence-corrected chi connectivity index (χ1v) is 13.3. The summed E-state index contributed by atoms with van der Waals surface area (Å²) in [5.74, 6) is 3.34. The molecule has 0 aliphatic heterocycles. The lowest BCUT2D eigenvalue weighted by Crippen LogP contribution is -2.42. The first kappa shape index (κ1) is 23.4. The van der Waals surface area contributed by atoms with Crippen LogP contribution in [0.4, 0.5) is 4.79 Å². The van der Waals surface area contributed by atoms with Crippen molar-refractivity contribution in [2.24, 2.45) is 34.5 Å². The molecule has 0 saturated heterocycles. The van der Waals surface area contributed by atoms with E-state index in [2.05, 4.69) is 40.7 Å². The van der Waals surface area contributed by atoms with Gasteiger partial charge in [0.15, 0.2) is 0 Å². The third kappa shape index (κ3) is 4.28. The van der Waals surface area contributed by atoms with Gasteiger partial charge in [-0.15, -0.1) is 0 Å². The van der Waals surface area contributed by atoms with Crippen LogP contribution < -0.4 is 0 Å². The Kier molecular flexibility index (Phi) is 6.70. The molecule has 0 spiro atoms. The highest BCUT2D eigenvalue weighted by Gasteiger charge is 2.54. The summed E-state index contributed by atoms with van der Waals surface area (Å²) in [6.07, 6.45) is 16.1. The molecule has 2 nitrogen and oxygen atoms in total. The number of hydrogen-bond donors (Lipinski definition) is 0. The van der Waals surface area contributed by atoms with E-state index in [1.165, 1.54) is 50.5 Å². The quantitative estimate of drug-likeness (QED) is 0.300. The summed E-state index contributed by atoms with van der Waals surface area (Å²) < 4.78 is 5.36. The molecule has 0 aromatic carbocycles. The molecule has 174 valence electrons. The summed E-state index contributed by atoms with van der Waals surface area (Å²) in [7, 11) is 0. The molecule has 2 saturated carbocycles. The molecule has 6 unspecified atom stereocenters. The van der Waals surface area contributed by atoms with E-state index in [0.717, 1.165) is 49.4 Å². The number of carbonyl (C=O) groups excluding carboxylic acids is 1. The topological polar surface area (TPSA) is 26.3 Å². The summed E-state index contributed by atoms with van der Waals surface area (Å²) in [6, 6.07) is 0. The van der Waals surface area contributed by atoms with Crippen LogP contribution in [0.25, 0.3) is 0 Å². The van der Waals surface area contributed by atoms with E-state index in [1.807, 2.05) is 0 Å². The first-order valence-electron chi connectivity index (χ1n) is 12.9. The predicted molar refractivity (Wildman–Crippen MR) is 129 cm³/mol. The highest BCUT2D eigenvalue weighted by molar-refractivity contribution is 6.61. The van der Waals surface area contributed by atoms with Crippen LogP contribution in [-0.4, -0.2) is 11.5 Å². The molecule has 4 aliphatic carbocycles. The minimum atomic E-state index is -0.655. The molecule has 31 heavy (non-hydrogen) atoms. The van der Waals surface area contributed by atoms with Crippen LogP contribution in [-0.2, 0) is 4.74 Å². The van der Waals surface area contributed by atoms with Crippen LogP contribution >= 0.6 is 11.6 Å². The lowest BCUT2D eigenvalue weighted by molar-refractivity contribution is 0.0776. The second kappa shape index (κ2) is 8.88. The molecule has 0 bridgehead atoms. The Morgan fingerprint density at radius 3 is 2.65 bits per heavy atom. The van der Waals surface area contributed by atoms with Gasteiger partial charge in [0.25, 0.3) is 0 Å². The molecule has 0 amide bonds. The van der Waals surface area contributed by atoms with Gasteiger partial charge in [0, 0.05) is 23.4 Å². The van der Waals surface area contributed by atoms with Gasteiger partial charge < -0.3 is 4.74 Å². The normalized spacial score (nSPS) is 38.3. The van der Waals surface area contributed by atoms with E-state index in [-0.39, 0.29) is 11.5 Å². The van der Waals surface area contributed by atoms with E-state index in [1.54, 1.807) is 11.1 Å². The van der Waals surface area contributed by atoms with Gasteiger partial charge in [0.05, 0.1) is 0 Å². The number of rotatable bonds is 6. The van der Waals surface area contributed by atoms with Crippen LogP contribution in [0, 0.1) is 34.5 Å². The number of ether oxygens (including phenoxy) is 1. The highest BCUT2D eigenvalue weighted by Crippen LogP contribution is 2.65. The Balaban J connectivity index is 1.50. The van der Waals surface area contributed by atoms with Crippen molar-refractivity contribution in [3.05, 3.63) is 22.8 Å². The Hall–Kier alpha value is -0.760. The molecule has 4 aliphatic rings. The minimum absolute atomic E-state index is 0.0390. The van der Waals surface area contributed by atoms with E-state index in [9.17, 15) is 4.79 Å². The van der Waals surface area contributed by atoms with Gasteiger partial charge in [-0.05, 0) is 74.0 Å². The minimum Gasteiger partial charge on any atom is -0.450 e. The van der Waals surface area contributed by atoms with Crippen molar-refractivity contribution in [1.82, 2.24) is 0 Å². The average Bonchev–Trinajstić information content (AvgIpc) is 3.05. The zero-order chi connectivity index (χ0) is 22.4. The third-order valence-corrected chi connectivity index (χ3v) is 9.96. The molecule has 0 N–H and O–H groups in total. The van der Waals surface area contributed by atoms with Crippen LogP contribution in [0.3, 0.4) is 0 Å². The molecule has 0 aromatic rings. The van der Waals surface area contributed by atoms with Crippen molar-refractivity contribution in [3.8, 4) is 0 Å². The van der Waals surface area contributed by atoms with Crippen molar-refractivity contribution < 1.29 is 9.53 Å². The molecule has 0 radical (unpaired) electrons. The van der Waals surface area contributed by atoms with Crippen molar-refractivity contribution >= 4 is 17.0 Å². The smallest absolute Gasteiger partial charge is 0.404 e. The SMILES string of the molecule is CC(C)CCCC(C)C1CCC2C3=C(CCC21C)C1(C)CCC(OC(=O)Cl)CC1=CC3. The Labute approximate surface area is 195 Å². The maximum Gasteiger partial charge on any atom is 0.404 e. The predicted octanol–water partition coefficient (Wildman–Crippen LogP) is 8.84. The Morgan fingerprint density at radius 1 is 1.16 bits per heavy atom. The van der Waals surface area contributed by atoms with Crippen molar-refractivity contribution in [2.45, 2.75) is 111 Å². The summed E-state index contributed by atoms with van der Waals surface area (Å²) in [4.78, 5) is 11.2. The van der Waals surface area contributed by atoms with Gasteiger partial charge in [-0.1, -0.05) is 76.7 Å². The standard InChI is InChI=1S/C28H43ClO2/c1-18(2)7-6-8-19(3)23-11-12-24-22-10-9-20-17-21(31-26(29)30)13-15-27(20,4)25(22)14-16-28(23,24)5/h9,18-19,21,23-24H,6-8,10-17H2,1-5H3. The van der Waals surface area contributed by atoms with Gasteiger partial charge in [0.1, 0.15) is 6.10 Å². The number of fused-ring (bicyclic) bond motifs is 4. The fourth-order valence-corrected chi connectivity index (χ4v) is 8.27. The molecule has 0 aromatic heterocycles. The number of hydrogen-bond acceptors (Lipinski definition) is 2. The van der Waals surface area contributed by atoms with Gasteiger partial charge in [-0.3, -0.25) is 0 Å². The van der Waals surface area contributed by atoms with Crippen LogP contribution in [0.1, 0.15) is 105 Å². The fourth-order valence-electron chi connectivity index (χ4n) is 8.14. The van der Waals surface area contributed by atoms with Crippen molar-refractivity contribution in [3.63, 3.8) is 0 Å². The van der Waals surface area contributed by atoms with Crippen LogP contribution in [0.5, 0.6) is 0 Å². The molecule has 0 heterocycles. The second-order valence-corrected chi connectivity index (χ2v) is 12.3. The van der Waals surface area contributed by atoms with Gasteiger partial charge in [0.2, 0.25) is 0 Å². The Morgan fingerprint density at radius 2 is 1.94 bits per heavy atom. The average molecular weight is 447 g/mol. The van der Waals surface area contributed by atoms with E-state index >= 15 is 0 Å². The number of allylic oxidation sites excluding steroid dienone is 3. The maximum atomic E-state index is 11.2. The number of carbonyl (C=O) groups is 1. The first-order chi connectivity index (χ1) is 14.6. The molecule has 4 rings (SSSR count).